The van der Waals surface area contributed by atoms with Crippen molar-refractivity contribution < 1.29 is 19.3 Å². The highest BCUT2D eigenvalue weighted by molar-refractivity contribution is 5.92. The summed E-state index contributed by atoms with van der Waals surface area (Å²) in [4.78, 5) is 29.2. The van der Waals surface area contributed by atoms with Crippen LogP contribution in [0.4, 0.5) is 0 Å². The third kappa shape index (κ3) is 6.94. The van der Waals surface area contributed by atoms with Crippen LogP contribution in [0, 0.1) is 0 Å². The van der Waals surface area contributed by atoms with Crippen molar-refractivity contribution in [3.05, 3.63) is 0 Å². The Bertz CT molecular complexity index is 495. The summed E-state index contributed by atoms with van der Waals surface area (Å²) < 4.78 is 0. The molecule has 7 heteroatoms. The Morgan fingerprint density at radius 2 is 1.50 bits per heavy atom. The molecule has 7 nitrogen and oxygen atoms in total. The van der Waals surface area contributed by atoms with Gasteiger partial charge in [0, 0.05) is 6.92 Å². The zero-order valence-corrected chi connectivity index (χ0v) is 16.4. The Morgan fingerprint density at radius 3 is 2.04 bits per heavy atom. The van der Waals surface area contributed by atoms with Gasteiger partial charge in [-0.25, -0.2) is 0 Å². The summed E-state index contributed by atoms with van der Waals surface area (Å²) in [5.41, 5.74) is 0.802. The van der Waals surface area contributed by atoms with Gasteiger partial charge in [-0.15, -0.1) is 5.06 Å². The highest BCUT2D eigenvalue weighted by Gasteiger charge is 2.27. The molecular weight excluding hydrogens is 334 g/mol. The maximum Gasteiger partial charge on any atom is 0.385 e. The smallest absolute Gasteiger partial charge is 0.385 e. The van der Waals surface area contributed by atoms with Crippen LogP contribution in [-0.2, 0) is 19.3 Å². The van der Waals surface area contributed by atoms with Crippen LogP contribution in [0.2, 0.25) is 0 Å². The first kappa shape index (κ1) is 20.7. The highest BCUT2D eigenvalue weighted by atomic mass is 16.8. The van der Waals surface area contributed by atoms with E-state index in [1.807, 2.05) is 13.8 Å². The lowest BCUT2D eigenvalue weighted by Gasteiger charge is -2.28. The largest absolute Gasteiger partial charge is 0.388 e. The Labute approximate surface area is 156 Å². The summed E-state index contributed by atoms with van der Waals surface area (Å²) in [5.74, 6) is -0.300. The molecule has 0 aromatic carbocycles. The third-order valence-corrected chi connectivity index (χ3v) is 4.89. The topological polar surface area (TPSA) is 72.7 Å². The minimum absolute atomic E-state index is 0.00705. The van der Waals surface area contributed by atoms with Gasteiger partial charge in [-0.05, 0) is 57.0 Å². The molecule has 0 heterocycles. The van der Waals surface area contributed by atoms with E-state index in [1.54, 1.807) is 0 Å². The van der Waals surface area contributed by atoms with E-state index in [1.165, 1.54) is 19.8 Å². The Balaban J connectivity index is 2.09. The van der Waals surface area contributed by atoms with Crippen LogP contribution in [0.3, 0.4) is 0 Å². The molecule has 0 radical (unpaired) electrons. The van der Waals surface area contributed by atoms with Gasteiger partial charge in [-0.1, -0.05) is 37.8 Å². The van der Waals surface area contributed by atoms with Crippen molar-refractivity contribution in [3.63, 3.8) is 0 Å². The summed E-state index contributed by atoms with van der Waals surface area (Å²) in [6, 6.07) is -0.0403. The van der Waals surface area contributed by atoms with Gasteiger partial charge in [0.1, 0.15) is 6.10 Å². The fraction of sp³-hybridized carbons (Fsp3) is 0.842. The lowest BCUT2D eigenvalue weighted by atomic mass is 9.98. The number of oxime groups is 2. The monoisotopic (exact) mass is 367 g/mol. The highest BCUT2D eigenvalue weighted by Crippen LogP contribution is 2.23. The number of carbonyl (C=O) groups excluding carboxylic acids is 1. The maximum atomic E-state index is 12.2. The van der Waals surface area contributed by atoms with Crippen molar-refractivity contribution in [1.29, 1.82) is 0 Å². The molecule has 2 aliphatic rings. The molecule has 26 heavy (non-hydrogen) atoms. The van der Waals surface area contributed by atoms with E-state index in [9.17, 15) is 4.79 Å². The zero-order valence-electron chi connectivity index (χ0n) is 16.4. The molecule has 0 aromatic heterocycles. The molecule has 1 amide bonds. The van der Waals surface area contributed by atoms with Crippen molar-refractivity contribution >= 4 is 17.6 Å². The second-order valence-corrected chi connectivity index (χ2v) is 7.19. The number of hydroxylamine groups is 2. The van der Waals surface area contributed by atoms with Gasteiger partial charge in [0.25, 0.3) is 5.91 Å². The number of carbonyl (C=O) groups is 1. The van der Waals surface area contributed by atoms with Crippen LogP contribution in [-0.4, -0.2) is 34.9 Å². The van der Waals surface area contributed by atoms with E-state index in [-0.39, 0.29) is 24.1 Å². The van der Waals surface area contributed by atoms with Crippen LogP contribution in [0.1, 0.15) is 91.4 Å². The number of nitrogens with zero attached hydrogens (tertiary/aromatic N) is 3. The summed E-state index contributed by atoms with van der Waals surface area (Å²) in [6.07, 6.45) is 11.5. The number of amidine groups is 1. The molecule has 2 rings (SSSR count). The lowest BCUT2D eigenvalue weighted by molar-refractivity contribution is -0.188. The predicted octanol–water partition coefficient (Wildman–Crippen LogP) is 4.52. The summed E-state index contributed by atoms with van der Waals surface area (Å²) in [6.45, 7) is 5.28. The quantitative estimate of drug-likeness (QED) is 0.393. The van der Waals surface area contributed by atoms with E-state index in [4.69, 9.17) is 14.5 Å². The van der Waals surface area contributed by atoms with Gasteiger partial charge < -0.3 is 9.68 Å². The summed E-state index contributed by atoms with van der Waals surface area (Å²) >= 11 is 0. The van der Waals surface area contributed by atoms with Crippen molar-refractivity contribution in [1.82, 2.24) is 5.06 Å². The molecule has 2 fully saturated rings. The zero-order chi connectivity index (χ0) is 18.8. The molecule has 0 saturated heterocycles. The fourth-order valence-corrected chi connectivity index (χ4v) is 3.14. The molecule has 0 spiro atoms. The van der Waals surface area contributed by atoms with Gasteiger partial charge in [0.05, 0.1) is 11.8 Å². The van der Waals surface area contributed by atoms with Gasteiger partial charge in [-0.2, -0.15) is 0 Å². The van der Waals surface area contributed by atoms with Gasteiger partial charge in [0.15, 0.2) is 0 Å². The molecule has 0 atom stereocenters. The first-order chi connectivity index (χ1) is 12.6. The average Bonchev–Trinajstić information content (AvgIpc) is 2.67. The van der Waals surface area contributed by atoms with Crippen LogP contribution < -0.4 is 0 Å². The number of amides is 1. The first-order valence-electron chi connectivity index (χ1n) is 10.0. The Kier molecular flexibility index (Phi) is 8.88. The second kappa shape index (κ2) is 11.2. The molecule has 2 saturated carbocycles. The van der Waals surface area contributed by atoms with Crippen LogP contribution in [0.15, 0.2) is 10.3 Å². The van der Waals surface area contributed by atoms with Crippen molar-refractivity contribution in [2.75, 3.05) is 0 Å². The van der Waals surface area contributed by atoms with Crippen molar-refractivity contribution in [3.8, 4) is 0 Å². The lowest BCUT2D eigenvalue weighted by Crippen LogP contribution is -2.40. The Hall–Kier alpha value is -1.63. The summed E-state index contributed by atoms with van der Waals surface area (Å²) in [7, 11) is 0. The SMILES string of the molecule is CCC(C)=NOC(=NOC1CCCCC1)N(OC1CCCCC1)C(C)=O. The molecule has 0 bridgehead atoms. The molecule has 2 aliphatic carbocycles. The minimum atomic E-state index is -0.300. The number of rotatable bonds is 6. The summed E-state index contributed by atoms with van der Waals surface area (Å²) in [5, 5.41) is 9.25. The first-order valence-corrected chi connectivity index (χ1v) is 10.0. The molecule has 0 aromatic rings. The van der Waals surface area contributed by atoms with E-state index in [0.717, 1.165) is 68.6 Å². The molecule has 0 aliphatic heterocycles. The number of hydrogen-bond acceptors (Lipinski definition) is 6. The Morgan fingerprint density at radius 1 is 0.923 bits per heavy atom. The average molecular weight is 367 g/mol. The minimum Gasteiger partial charge on any atom is -0.388 e. The van der Waals surface area contributed by atoms with E-state index in [2.05, 4.69) is 10.3 Å². The van der Waals surface area contributed by atoms with Crippen molar-refractivity contribution in [2.24, 2.45) is 10.3 Å². The standard InChI is InChI=1S/C19H33N3O4/c1-4-15(2)20-25-19(21-24-17-11-7-5-8-12-17)22(16(3)23)26-18-13-9-6-10-14-18/h17-18H,4-14H2,1-3H3. The van der Waals surface area contributed by atoms with Gasteiger partial charge >= 0.3 is 6.02 Å². The van der Waals surface area contributed by atoms with Crippen LogP contribution in [0.25, 0.3) is 0 Å². The van der Waals surface area contributed by atoms with Gasteiger partial charge in [0.2, 0.25) is 0 Å². The third-order valence-electron chi connectivity index (χ3n) is 4.89. The van der Waals surface area contributed by atoms with E-state index in [0.29, 0.717) is 0 Å². The number of hydrogen-bond donors (Lipinski definition) is 0. The molecule has 148 valence electrons. The molecular formula is C19H33N3O4. The van der Waals surface area contributed by atoms with Gasteiger partial charge in [-0.3, -0.25) is 9.63 Å². The van der Waals surface area contributed by atoms with Crippen molar-refractivity contribution in [2.45, 2.75) is 104 Å². The molecule has 0 unspecified atom stereocenters. The fourth-order valence-electron chi connectivity index (χ4n) is 3.14. The second-order valence-electron chi connectivity index (χ2n) is 7.19. The predicted molar refractivity (Wildman–Crippen MR) is 100 cm³/mol. The normalized spacial score (nSPS) is 20.7. The van der Waals surface area contributed by atoms with E-state index >= 15 is 0 Å². The van der Waals surface area contributed by atoms with Crippen LogP contribution >= 0.6 is 0 Å². The molecule has 0 N–H and O–H groups in total. The van der Waals surface area contributed by atoms with E-state index < -0.39 is 0 Å². The maximum absolute atomic E-state index is 12.2. The van der Waals surface area contributed by atoms with Crippen LogP contribution in [0.5, 0.6) is 0 Å².